The Bertz CT molecular complexity index is 1060. The molecule has 1 saturated heterocycles. The molecule has 7 heteroatoms. The van der Waals surface area contributed by atoms with E-state index in [1.165, 1.54) is 6.07 Å². The highest BCUT2D eigenvalue weighted by Gasteiger charge is 2.19. The number of ether oxygens (including phenoxy) is 1. The number of benzene rings is 2. The van der Waals surface area contributed by atoms with E-state index in [0.29, 0.717) is 22.4 Å². The number of aryl methyl sites for hydroxylation is 1. The van der Waals surface area contributed by atoms with Gasteiger partial charge in [0, 0.05) is 49.8 Å². The van der Waals surface area contributed by atoms with Crippen molar-refractivity contribution in [3.8, 4) is 5.75 Å². The van der Waals surface area contributed by atoms with Gasteiger partial charge in [-0.15, -0.1) is 0 Å². The van der Waals surface area contributed by atoms with Crippen LogP contribution in [0, 0.1) is 0 Å². The molecule has 2 aliphatic rings. The minimum absolute atomic E-state index is 0.114. The van der Waals surface area contributed by atoms with Crippen molar-refractivity contribution in [3.05, 3.63) is 52.0 Å². The summed E-state index contributed by atoms with van der Waals surface area (Å²) in [6.07, 6.45) is -3.21. The molecule has 0 atom stereocenters. The molecule has 160 valence electrons. The first kappa shape index (κ1) is 16.7. The van der Waals surface area contributed by atoms with Gasteiger partial charge in [-0.2, -0.15) is 0 Å². The molecule has 1 N–H and O–H groups in total. The number of nitrogens with one attached hydrogen (secondary N) is 1. The molecule has 30 heavy (non-hydrogen) atoms. The standard InChI is InChI=1S/C23H27Cl2N3O2/c24-19-4-3-5-21(23(19)25)28-13-11-27(12-14-28)10-1-2-15-30-18-8-6-17-7-9-22(29)26-20(17)16-18/h3-6,8,16H,1-2,7,9-15H2,(H,26,29)/i7D2,9D2. The van der Waals surface area contributed by atoms with Gasteiger partial charge in [-0.05, 0) is 49.5 Å². The zero-order valence-corrected chi connectivity index (χ0v) is 18.1. The molecule has 0 radical (unpaired) electrons. The lowest BCUT2D eigenvalue weighted by Gasteiger charge is -2.36. The largest absolute Gasteiger partial charge is 0.494 e. The average molecular weight is 452 g/mol. The Morgan fingerprint density at radius 3 is 2.73 bits per heavy atom. The third kappa shape index (κ3) is 5.20. The van der Waals surface area contributed by atoms with E-state index in [1.54, 1.807) is 18.2 Å². The minimum atomic E-state index is -2.63. The van der Waals surface area contributed by atoms with Crippen molar-refractivity contribution in [1.29, 1.82) is 0 Å². The summed E-state index contributed by atoms with van der Waals surface area (Å²) in [4.78, 5) is 16.7. The monoisotopic (exact) mass is 451 g/mol. The van der Waals surface area contributed by atoms with Crippen LogP contribution in [0.5, 0.6) is 5.75 Å². The van der Waals surface area contributed by atoms with Crippen molar-refractivity contribution in [2.75, 3.05) is 49.5 Å². The van der Waals surface area contributed by atoms with Gasteiger partial charge in [0.1, 0.15) is 5.75 Å². The average Bonchev–Trinajstić information content (AvgIpc) is 2.80. The number of halogens is 2. The highest BCUT2D eigenvalue weighted by atomic mass is 35.5. The number of piperazine rings is 1. The van der Waals surface area contributed by atoms with Crippen molar-refractivity contribution in [2.45, 2.75) is 25.6 Å². The van der Waals surface area contributed by atoms with E-state index >= 15 is 0 Å². The van der Waals surface area contributed by atoms with Gasteiger partial charge in [-0.1, -0.05) is 35.3 Å². The van der Waals surface area contributed by atoms with Gasteiger partial charge in [0.05, 0.1) is 22.3 Å². The van der Waals surface area contributed by atoms with Crippen LogP contribution in [-0.4, -0.2) is 50.1 Å². The highest BCUT2D eigenvalue weighted by molar-refractivity contribution is 6.43. The quantitative estimate of drug-likeness (QED) is 0.610. The van der Waals surface area contributed by atoms with Crippen LogP contribution in [-0.2, 0) is 11.2 Å². The van der Waals surface area contributed by atoms with Crippen LogP contribution < -0.4 is 15.0 Å². The Morgan fingerprint density at radius 2 is 1.90 bits per heavy atom. The predicted octanol–water partition coefficient (Wildman–Crippen LogP) is 4.86. The van der Waals surface area contributed by atoms with Crippen LogP contribution in [0.4, 0.5) is 11.4 Å². The van der Waals surface area contributed by atoms with E-state index in [1.807, 2.05) is 12.1 Å². The highest BCUT2D eigenvalue weighted by Crippen LogP contribution is 2.33. The van der Waals surface area contributed by atoms with E-state index in [9.17, 15) is 4.79 Å². The Hall–Kier alpha value is -1.95. The number of unbranched alkanes of at least 4 members (excludes halogenated alkanes) is 1. The Balaban J connectivity index is 1.21. The smallest absolute Gasteiger partial charge is 0.224 e. The van der Waals surface area contributed by atoms with E-state index in [0.717, 1.165) is 51.3 Å². The second kappa shape index (κ2) is 9.90. The van der Waals surface area contributed by atoms with Gasteiger partial charge in [0.25, 0.3) is 0 Å². The van der Waals surface area contributed by atoms with Crippen molar-refractivity contribution < 1.29 is 15.0 Å². The fraction of sp³-hybridized carbons (Fsp3) is 0.435. The third-order valence-electron chi connectivity index (χ3n) is 5.33. The molecule has 0 unspecified atom stereocenters. The SMILES string of the molecule is [2H]C1([2H])C(=O)Nc2cc(OCCCCN3CCN(c4cccc(Cl)c4Cl)CC3)ccc2C1([2H])[2H]. The molecule has 2 heterocycles. The summed E-state index contributed by atoms with van der Waals surface area (Å²) in [5.41, 5.74) is 1.34. The number of hydrogen-bond donors (Lipinski definition) is 1. The number of fused-ring (bicyclic) bond motifs is 1. The lowest BCUT2D eigenvalue weighted by Crippen LogP contribution is -2.46. The van der Waals surface area contributed by atoms with Crippen molar-refractivity contribution in [2.24, 2.45) is 0 Å². The fourth-order valence-corrected chi connectivity index (χ4v) is 4.09. The molecule has 0 saturated carbocycles. The summed E-state index contributed by atoms with van der Waals surface area (Å²) in [7, 11) is 0. The molecule has 5 nitrogen and oxygen atoms in total. The molecule has 0 bridgehead atoms. The van der Waals surface area contributed by atoms with E-state index in [4.69, 9.17) is 33.4 Å². The molecule has 2 aromatic rings. The van der Waals surface area contributed by atoms with Gasteiger partial charge in [-0.25, -0.2) is 0 Å². The molecule has 1 amide bonds. The van der Waals surface area contributed by atoms with E-state index in [2.05, 4.69) is 15.1 Å². The van der Waals surface area contributed by atoms with Crippen molar-refractivity contribution in [1.82, 2.24) is 4.90 Å². The molecule has 4 rings (SSSR count). The Kier molecular flexibility index (Phi) is 5.52. The Labute approximate surface area is 193 Å². The number of hydrogen-bond acceptors (Lipinski definition) is 4. The van der Waals surface area contributed by atoms with Crippen LogP contribution in [0.25, 0.3) is 0 Å². The number of anilines is 2. The van der Waals surface area contributed by atoms with Crippen LogP contribution >= 0.6 is 23.2 Å². The van der Waals surface area contributed by atoms with Gasteiger partial charge in [0.15, 0.2) is 0 Å². The first-order chi connectivity index (χ1) is 16.1. The number of nitrogens with zero attached hydrogens (tertiary/aromatic N) is 2. The molecule has 0 spiro atoms. The fourth-order valence-electron chi connectivity index (χ4n) is 3.68. The summed E-state index contributed by atoms with van der Waals surface area (Å²) in [6, 6.07) is 10.4. The maximum absolute atomic E-state index is 12.0. The summed E-state index contributed by atoms with van der Waals surface area (Å²) in [6.45, 7) is 5.15. The number of amides is 1. The molecule has 1 fully saturated rings. The maximum atomic E-state index is 12.0. The lowest BCUT2D eigenvalue weighted by molar-refractivity contribution is -0.116. The summed E-state index contributed by atoms with van der Waals surface area (Å²) in [5.74, 6) is -0.468. The van der Waals surface area contributed by atoms with Crippen LogP contribution in [0.2, 0.25) is 10.0 Å². The predicted molar refractivity (Wildman–Crippen MR) is 123 cm³/mol. The molecular formula is C23H27Cl2N3O2. The van der Waals surface area contributed by atoms with Crippen LogP contribution in [0.3, 0.4) is 0 Å². The summed E-state index contributed by atoms with van der Waals surface area (Å²) >= 11 is 12.5. The summed E-state index contributed by atoms with van der Waals surface area (Å²) in [5, 5.41) is 3.63. The minimum Gasteiger partial charge on any atom is -0.494 e. The Morgan fingerprint density at radius 1 is 1.07 bits per heavy atom. The summed E-state index contributed by atoms with van der Waals surface area (Å²) < 4.78 is 37.4. The molecule has 2 aliphatic heterocycles. The van der Waals surface area contributed by atoms with Crippen LogP contribution in [0.1, 0.15) is 30.3 Å². The number of rotatable bonds is 7. The van der Waals surface area contributed by atoms with E-state index in [-0.39, 0.29) is 11.3 Å². The first-order valence-corrected chi connectivity index (χ1v) is 10.9. The molecule has 2 aromatic carbocycles. The number of carbonyl (C=O) groups is 1. The number of carbonyl (C=O) groups excluding carboxylic acids is 1. The van der Waals surface area contributed by atoms with Crippen LogP contribution in [0.15, 0.2) is 36.4 Å². The third-order valence-corrected chi connectivity index (χ3v) is 6.14. The molecule has 0 aromatic heterocycles. The van der Waals surface area contributed by atoms with E-state index < -0.39 is 18.7 Å². The van der Waals surface area contributed by atoms with Gasteiger partial charge < -0.3 is 15.0 Å². The second-order valence-electron chi connectivity index (χ2n) is 7.37. The first-order valence-electron chi connectivity index (χ1n) is 12.1. The van der Waals surface area contributed by atoms with Crippen molar-refractivity contribution in [3.63, 3.8) is 0 Å². The molecular weight excluding hydrogens is 421 g/mol. The van der Waals surface area contributed by atoms with Crippen molar-refractivity contribution >= 4 is 40.5 Å². The second-order valence-corrected chi connectivity index (χ2v) is 8.15. The van der Waals surface area contributed by atoms with Gasteiger partial charge in [0.2, 0.25) is 5.91 Å². The lowest BCUT2D eigenvalue weighted by atomic mass is 10.0. The zero-order chi connectivity index (χ0) is 24.5. The zero-order valence-electron chi connectivity index (χ0n) is 20.6. The molecule has 0 aliphatic carbocycles. The van der Waals surface area contributed by atoms with Gasteiger partial charge >= 0.3 is 0 Å². The normalized spacial score (nSPS) is 22.2. The maximum Gasteiger partial charge on any atom is 0.224 e. The topological polar surface area (TPSA) is 44.8 Å². The van der Waals surface area contributed by atoms with Gasteiger partial charge in [-0.3, -0.25) is 9.69 Å².